The molecule has 5 nitrogen and oxygen atoms in total. The van der Waals surface area contributed by atoms with E-state index in [2.05, 4.69) is 4.98 Å². The summed E-state index contributed by atoms with van der Waals surface area (Å²) in [4.78, 5) is 19.6. The van der Waals surface area contributed by atoms with E-state index in [9.17, 15) is 10.1 Å². The summed E-state index contributed by atoms with van der Waals surface area (Å²) >= 11 is 7.42. The van der Waals surface area contributed by atoms with E-state index in [0.717, 1.165) is 11.3 Å². The number of nitriles is 1. The van der Waals surface area contributed by atoms with Crippen LogP contribution < -0.4 is 10.5 Å². The van der Waals surface area contributed by atoms with Crippen LogP contribution in [0.2, 0.25) is 5.02 Å². The zero-order valence-electron chi connectivity index (χ0n) is 13.6. The summed E-state index contributed by atoms with van der Waals surface area (Å²) in [5.41, 5.74) is 1.92. The van der Waals surface area contributed by atoms with Crippen molar-refractivity contribution in [3.8, 4) is 17.3 Å². The second-order valence-corrected chi connectivity index (χ2v) is 7.11. The van der Waals surface area contributed by atoms with Gasteiger partial charge in [-0.1, -0.05) is 53.7 Å². The molecule has 0 amide bonds. The van der Waals surface area contributed by atoms with Crippen molar-refractivity contribution in [3.63, 3.8) is 0 Å². The Labute approximate surface area is 159 Å². The molecule has 0 bridgehead atoms. The fourth-order valence-electron chi connectivity index (χ4n) is 2.83. The largest absolute Gasteiger partial charge is 0.343 e. The van der Waals surface area contributed by atoms with Gasteiger partial charge in [-0.05, 0) is 24.3 Å². The van der Waals surface area contributed by atoms with Crippen LogP contribution in [0.15, 0.2) is 64.5 Å². The van der Waals surface area contributed by atoms with E-state index >= 15 is 0 Å². The SMILES string of the molecule is N#Cc1c(-c2ccccc2)nc2n(c1=O)CN(c1ccc(Cl)cc1)CS2. The molecule has 0 unspecified atom stereocenters. The highest BCUT2D eigenvalue weighted by atomic mass is 35.5. The molecule has 128 valence electrons. The Morgan fingerprint density at radius 3 is 2.54 bits per heavy atom. The second kappa shape index (κ2) is 6.87. The molecule has 0 spiro atoms. The van der Waals surface area contributed by atoms with Crippen molar-refractivity contribution >= 4 is 29.1 Å². The van der Waals surface area contributed by atoms with Gasteiger partial charge in [0.05, 0.1) is 11.6 Å². The molecule has 1 aliphatic rings. The van der Waals surface area contributed by atoms with Crippen LogP contribution in [0.25, 0.3) is 11.3 Å². The molecule has 1 aliphatic heterocycles. The highest BCUT2D eigenvalue weighted by Gasteiger charge is 2.24. The third-order valence-electron chi connectivity index (χ3n) is 4.15. The number of rotatable bonds is 2. The summed E-state index contributed by atoms with van der Waals surface area (Å²) in [7, 11) is 0. The van der Waals surface area contributed by atoms with Gasteiger partial charge in [0.2, 0.25) is 0 Å². The van der Waals surface area contributed by atoms with Crippen molar-refractivity contribution in [1.29, 1.82) is 5.26 Å². The smallest absolute Gasteiger partial charge is 0.274 e. The molecule has 26 heavy (non-hydrogen) atoms. The molecule has 4 rings (SSSR count). The molecule has 0 saturated heterocycles. The summed E-state index contributed by atoms with van der Waals surface area (Å²) in [6.07, 6.45) is 0. The molecular formula is C19H13ClN4OS. The Morgan fingerprint density at radius 1 is 1.12 bits per heavy atom. The fourth-order valence-corrected chi connectivity index (χ4v) is 3.91. The van der Waals surface area contributed by atoms with Gasteiger partial charge in [0, 0.05) is 16.3 Å². The number of benzene rings is 2. The van der Waals surface area contributed by atoms with Crippen LogP contribution >= 0.6 is 23.4 Å². The number of nitrogens with zero attached hydrogens (tertiary/aromatic N) is 4. The van der Waals surface area contributed by atoms with Crippen LogP contribution in [0.5, 0.6) is 0 Å². The number of aromatic nitrogens is 2. The molecule has 0 aliphatic carbocycles. The van der Waals surface area contributed by atoms with Gasteiger partial charge in [-0.15, -0.1) is 0 Å². The Balaban J connectivity index is 1.78. The van der Waals surface area contributed by atoms with Crippen molar-refractivity contribution in [1.82, 2.24) is 9.55 Å². The highest BCUT2D eigenvalue weighted by molar-refractivity contribution is 7.99. The van der Waals surface area contributed by atoms with E-state index in [1.54, 1.807) is 4.57 Å². The summed E-state index contributed by atoms with van der Waals surface area (Å²) in [6.45, 7) is 0.347. The van der Waals surface area contributed by atoms with Gasteiger partial charge in [-0.3, -0.25) is 9.36 Å². The molecule has 0 fully saturated rings. The van der Waals surface area contributed by atoms with Gasteiger partial charge in [0.1, 0.15) is 18.3 Å². The predicted octanol–water partition coefficient (Wildman–Crippen LogP) is 3.96. The number of hydrogen-bond acceptors (Lipinski definition) is 5. The Hall–Kier alpha value is -2.75. The van der Waals surface area contributed by atoms with Crippen LogP contribution in [0, 0.1) is 11.3 Å². The molecule has 0 N–H and O–H groups in total. The van der Waals surface area contributed by atoms with Crippen LogP contribution in [-0.4, -0.2) is 15.4 Å². The molecule has 7 heteroatoms. The maximum Gasteiger partial charge on any atom is 0.274 e. The minimum Gasteiger partial charge on any atom is -0.343 e. The summed E-state index contributed by atoms with van der Waals surface area (Å²) in [5, 5.41) is 10.8. The Bertz CT molecular complexity index is 1060. The van der Waals surface area contributed by atoms with E-state index in [4.69, 9.17) is 11.6 Å². The minimum absolute atomic E-state index is 0.0681. The molecule has 0 radical (unpaired) electrons. The zero-order valence-corrected chi connectivity index (χ0v) is 15.2. The number of fused-ring (bicyclic) bond motifs is 1. The third kappa shape index (κ3) is 2.96. The van der Waals surface area contributed by atoms with Crippen molar-refractivity contribution in [2.75, 3.05) is 10.8 Å². The molecule has 0 saturated carbocycles. The summed E-state index contributed by atoms with van der Waals surface area (Å²) in [6, 6.07) is 18.8. The molecule has 0 atom stereocenters. The maximum atomic E-state index is 12.9. The van der Waals surface area contributed by atoms with Crippen LogP contribution in [0.3, 0.4) is 0 Å². The fraction of sp³-hybridized carbons (Fsp3) is 0.105. The first-order valence-electron chi connectivity index (χ1n) is 7.91. The quantitative estimate of drug-likeness (QED) is 0.629. The van der Waals surface area contributed by atoms with Gasteiger partial charge in [-0.25, -0.2) is 4.98 Å². The molecule has 2 aromatic carbocycles. The lowest BCUT2D eigenvalue weighted by atomic mass is 10.1. The van der Waals surface area contributed by atoms with Crippen LogP contribution in [0.1, 0.15) is 5.56 Å². The van der Waals surface area contributed by atoms with Crippen molar-refractivity contribution < 1.29 is 0 Å². The van der Waals surface area contributed by atoms with Gasteiger partial charge in [0.15, 0.2) is 5.16 Å². The van der Waals surface area contributed by atoms with Crippen LogP contribution in [-0.2, 0) is 6.67 Å². The molecule has 2 heterocycles. The second-order valence-electron chi connectivity index (χ2n) is 5.76. The van der Waals surface area contributed by atoms with Gasteiger partial charge in [0.25, 0.3) is 5.56 Å². The van der Waals surface area contributed by atoms with E-state index < -0.39 is 0 Å². The van der Waals surface area contributed by atoms with E-state index in [1.807, 2.05) is 65.6 Å². The van der Waals surface area contributed by atoms with Gasteiger partial charge >= 0.3 is 0 Å². The topological polar surface area (TPSA) is 61.9 Å². The van der Waals surface area contributed by atoms with Crippen LogP contribution in [0.4, 0.5) is 5.69 Å². The maximum absolute atomic E-state index is 12.9. The lowest BCUT2D eigenvalue weighted by Gasteiger charge is -2.30. The van der Waals surface area contributed by atoms with Crippen molar-refractivity contribution in [3.05, 3.63) is 75.5 Å². The number of halogens is 1. The molecule has 1 aromatic heterocycles. The average Bonchev–Trinajstić information content (AvgIpc) is 2.69. The first-order valence-corrected chi connectivity index (χ1v) is 9.27. The third-order valence-corrected chi connectivity index (χ3v) is 5.41. The van der Waals surface area contributed by atoms with Crippen molar-refractivity contribution in [2.45, 2.75) is 11.8 Å². The summed E-state index contributed by atoms with van der Waals surface area (Å²) < 4.78 is 1.55. The molecular weight excluding hydrogens is 368 g/mol. The van der Waals surface area contributed by atoms with E-state index in [0.29, 0.717) is 28.4 Å². The molecule has 3 aromatic rings. The normalized spacial score (nSPS) is 13.2. The standard InChI is InChI=1S/C19H13ClN4OS/c20-14-6-8-15(9-7-14)23-11-24-18(25)16(10-21)17(22-19(24)26-12-23)13-4-2-1-3-5-13/h1-9H,11-12H2. The zero-order chi connectivity index (χ0) is 18.1. The van der Waals surface area contributed by atoms with E-state index in [1.165, 1.54) is 11.8 Å². The lowest BCUT2D eigenvalue weighted by Crippen LogP contribution is -2.38. The first-order chi connectivity index (χ1) is 12.7. The van der Waals surface area contributed by atoms with E-state index in [-0.39, 0.29) is 11.1 Å². The number of thioether (sulfide) groups is 1. The first kappa shape index (κ1) is 16.7. The Kier molecular flexibility index (Phi) is 4.41. The lowest BCUT2D eigenvalue weighted by molar-refractivity contribution is 0.560. The average molecular weight is 381 g/mol. The van der Waals surface area contributed by atoms with Gasteiger partial charge < -0.3 is 4.90 Å². The van der Waals surface area contributed by atoms with Crippen molar-refractivity contribution in [2.24, 2.45) is 0 Å². The van der Waals surface area contributed by atoms with Gasteiger partial charge in [-0.2, -0.15) is 5.26 Å². The highest BCUT2D eigenvalue weighted by Crippen LogP contribution is 2.30. The predicted molar refractivity (Wildman–Crippen MR) is 103 cm³/mol. The number of hydrogen-bond donors (Lipinski definition) is 0. The monoisotopic (exact) mass is 380 g/mol. The number of anilines is 1. The minimum atomic E-state index is -0.317. The summed E-state index contributed by atoms with van der Waals surface area (Å²) in [5.74, 6) is 0.661. The Morgan fingerprint density at radius 2 is 1.85 bits per heavy atom.